The molecule has 72 valence electrons. The third kappa shape index (κ3) is 2.27. The zero-order valence-corrected chi connectivity index (χ0v) is 8.41. The second-order valence-electron chi connectivity index (χ2n) is 2.27. The minimum Gasteiger partial charge on any atom is -0.354 e. The molecular weight excluding hydrogens is 212 g/mol. The first-order valence-electron chi connectivity index (χ1n) is 3.28. The second kappa shape index (κ2) is 3.44. The van der Waals surface area contributed by atoms with Crippen molar-refractivity contribution >= 4 is 27.3 Å². The fourth-order valence-corrected chi connectivity index (χ4v) is 2.46. The van der Waals surface area contributed by atoms with Crippen molar-refractivity contribution in [3.63, 3.8) is 0 Å². The number of nitrogens with one attached hydrogen (secondary N) is 1. The van der Waals surface area contributed by atoms with E-state index in [9.17, 15) is 13.2 Å². The lowest BCUT2D eigenvalue weighted by Crippen LogP contribution is -2.16. The number of hydrogen-bond donors (Lipinski definition) is 2. The molecule has 0 bridgehead atoms. The summed E-state index contributed by atoms with van der Waals surface area (Å²) in [5.41, 5.74) is 0. The van der Waals surface area contributed by atoms with Crippen LogP contribution < -0.4 is 10.5 Å². The van der Waals surface area contributed by atoms with Crippen LogP contribution in [0.15, 0.2) is 16.3 Å². The first-order chi connectivity index (χ1) is 5.95. The summed E-state index contributed by atoms with van der Waals surface area (Å²) in [5, 5.41) is 8.57. The lowest BCUT2D eigenvalue weighted by molar-refractivity contribution is 0.0967. The predicted octanol–water partition coefficient (Wildman–Crippen LogP) is -0.245. The fraction of sp³-hybridized carbons (Fsp3) is 0.167. The normalized spacial score (nSPS) is 11.2. The topological polar surface area (TPSA) is 89.3 Å². The molecule has 1 aromatic rings. The maximum atomic E-state index is 11.0. The van der Waals surface area contributed by atoms with Gasteiger partial charge in [0.05, 0.1) is 9.77 Å². The molecule has 0 atom stereocenters. The Kier molecular flexibility index (Phi) is 2.69. The van der Waals surface area contributed by atoms with E-state index in [2.05, 4.69) is 5.32 Å². The maximum absolute atomic E-state index is 11.0. The van der Waals surface area contributed by atoms with Crippen LogP contribution in [0.1, 0.15) is 9.67 Å². The van der Waals surface area contributed by atoms with Gasteiger partial charge in [0.2, 0.25) is 10.0 Å². The highest BCUT2D eigenvalue weighted by Gasteiger charge is 2.13. The molecule has 0 aliphatic rings. The van der Waals surface area contributed by atoms with Crippen molar-refractivity contribution in [1.82, 2.24) is 5.32 Å². The average molecular weight is 220 g/mol. The predicted molar refractivity (Wildman–Crippen MR) is 49.1 cm³/mol. The van der Waals surface area contributed by atoms with Crippen molar-refractivity contribution in [2.45, 2.75) is 4.90 Å². The Labute approximate surface area is 79.6 Å². The Bertz CT molecular complexity index is 421. The zero-order chi connectivity index (χ0) is 10.1. The Morgan fingerprint density at radius 2 is 2.23 bits per heavy atom. The van der Waals surface area contributed by atoms with Crippen LogP contribution in [0.25, 0.3) is 0 Å². The van der Waals surface area contributed by atoms with Crippen molar-refractivity contribution in [3.05, 3.63) is 16.3 Å². The van der Waals surface area contributed by atoms with E-state index in [1.165, 1.54) is 18.5 Å². The van der Waals surface area contributed by atoms with Crippen LogP contribution in [-0.4, -0.2) is 21.4 Å². The molecule has 1 amide bonds. The van der Waals surface area contributed by atoms with Crippen molar-refractivity contribution in [2.24, 2.45) is 5.14 Å². The number of sulfonamides is 1. The van der Waals surface area contributed by atoms with Crippen molar-refractivity contribution in [1.29, 1.82) is 0 Å². The summed E-state index contributed by atoms with van der Waals surface area (Å²) < 4.78 is 21.6. The summed E-state index contributed by atoms with van der Waals surface area (Å²) in [6, 6.07) is 1.25. The van der Waals surface area contributed by atoms with E-state index in [-0.39, 0.29) is 10.8 Å². The second-order valence-corrected chi connectivity index (χ2v) is 4.74. The van der Waals surface area contributed by atoms with Crippen LogP contribution in [0.3, 0.4) is 0 Å². The lowest BCUT2D eigenvalue weighted by Gasteiger charge is -1.92. The highest BCUT2D eigenvalue weighted by molar-refractivity contribution is 7.89. The Morgan fingerprint density at radius 3 is 2.62 bits per heavy atom. The summed E-state index contributed by atoms with van der Waals surface area (Å²) in [6.45, 7) is 0. The standard InChI is InChI=1S/C6H8N2O3S2/c1-8-6(9)5-2-4(3-12-5)13(7,10)11/h2-3H,1H3,(H,8,9)(H2,7,10,11). The number of nitrogens with two attached hydrogens (primary N) is 1. The molecule has 5 nitrogen and oxygen atoms in total. The fourth-order valence-electron chi connectivity index (χ4n) is 0.710. The molecule has 13 heavy (non-hydrogen) atoms. The largest absolute Gasteiger partial charge is 0.354 e. The number of amides is 1. The zero-order valence-electron chi connectivity index (χ0n) is 6.77. The van der Waals surface area contributed by atoms with Gasteiger partial charge in [-0.3, -0.25) is 4.79 Å². The van der Waals surface area contributed by atoms with Gasteiger partial charge < -0.3 is 5.32 Å². The molecule has 0 saturated heterocycles. The van der Waals surface area contributed by atoms with Crippen molar-refractivity contribution < 1.29 is 13.2 Å². The van der Waals surface area contributed by atoms with E-state index in [0.717, 1.165) is 11.3 Å². The van der Waals surface area contributed by atoms with E-state index in [1.54, 1.807) is 0 Å². The molecule has 0 saturated carbocycles. The van der Waals surface area contributed by atoms with Gasteiger partial charge in [-0.25, -0.2) is 13.6 Å². The highest BCUT2D eigenvalue weighted by atomic mass is 32.2. The highest BCUT2D eigenvalue weighted by Crippen LogP contribution is 2.17. The van der Waals surface area contributed by atoms with Gasteiger partial charge in [0.1, 0.15) is 0 Å². The smallest absolute Gasteiger partial charge is 0.261 e. The van der Waals surface area contributed by atoms with Crippen LogP contribution >= 0.6 is 11.3 Å². The van der Waals surface area contributed by atoms with Crippen LogP contribution in [0.2, 0.25) is 0 Å². The Balaban J connectivity index is 3.07. The molecule has 0 radical (unpaired) electrons. The van der Waals surface area contributed by atoms with Gasteiger partial charge in [-0.2, -0.15) is 0 Å². The molecule has 0 unspecified atom stereocenters. The van der Waals surface area contributed by atoms with Crippen molar-refractivity contribution in [3.8, 4) is 0 Å². The first kappa shape index (κ1) is 10.2. The summed E-state index contributed by atoms with van der Waals surface area (Å²) in [4.78, 5) is 11.3. The lowest BCUT2D eigenvalue weighted by atomic mass is 10.4. The van der Waals surface area contributed by atoms with Crippen molar-refractivity contribution in [2.75, 3.05) is 7.05 Å². The van der Waals surface area contributed by atoms with E-state index in [0.29, 0.717) is 4.88 Å². The van der Waals surface area contributed by atoms with Crippen LogP contribution in [-0.2, 0) is 10.0 Å². The summed E-state index contributed by atoms with van der Waals surface area (Å²) >= 11 is 1.04. The molecule has 0 aliphatic carbocycles. The Morgan fingerprint density at radius 1 is 1.62 bits per heavy atom. The van der Waals surface area contributed by atoms with Crippen LogP contribution in [0.4, 0.5) is 0 Å². The van der Waals surface area contributed by atoms with E-state index < -0.39 is 10.0 Å². The molecule has 1 rings (SSSR count). The molecule has 0 aliphatic heterocycles. The number of rotatable bonds is 2. The molecule has 0 fully saturated rings. The SMILES string of the molecule is CNC(=O)c1cc(S(N)(=O)=O)cs1. The molecule has 1 heterocycles. The summed E-state index contributed by atoms with van der Waals surface area (Å²) in [6.07, 6.45) is 0. The minimum absolute atomic E-state index is 0.0314. The first-order valence-corrected chi connectivity index (χ1v) is 5.71. The summed E-state index contributed by atoms with van der Waals surface area (Å²) in [7, 11) is -2.22. The number of thiophene rings is 1. The van der Waals surface area contributed by atoms with Gasteiger partial charge in [0, 0.05) is 12.4 Å². The monoisotopic (exact) mass is 220 g/mol. The number of hydrogen-bond acceptors (Lipinski definition) is 4. The van der Waals surface area contributed by atoms with E-state index in [1.807, 2.05) is 0 Å². The molecule has 3 N–H and O–H groups in total. The van der Waals surface area contributed by atoms with Gasteiger partial charge in [-0.15, -0.1) is 11.3 Å². The number of carbonyl (C=O) groups excluding carboxylic acids is 1. The van der Waals surface area contributed by atoms with E-state index >= 15 is 0 Å². The van der Waals surface area contributed by atoms with E-state index in [4.69, 9.17) is 5.14 Å². The van der Waals surface area contributed by atoms with Gasteiger partial charge in [-0.1, -0.05) is 0 Å². The average Bonchev–Trinajstić information content (AvgIpc) is 2.50. The third-order valence-corrected chi connectivity index (χ3v) is 3.33. The molecule has 7 heteroatoms. The third-order valence-electron chi connectivity index (χ3n) is 1.35. The Hall–Kier alpha value is -0.920. The maximum Gasteiger partial charge on any atom is 0.261 e. The number of primary sulfonamides is 1. The number of carbonyl (C=O) groups is 1. The van der Waals surface area contributed by atoms with Gasteiger partial charge in [0.15, 0.2) is 0 Å². The molecular formula is C6H8N2O3S2. The van der Waals surface area contributed by atoms with Gasteiger partial charge in [0.25, 0.3) is 5.91 Å². The minimum atomic E-state index is -3.69. The van der Waals surface area contributed by atoms with Crippen LogP contribution in [0.5, 0.6) is 0 Å². The van der Waals surface area contributed by atoms with Gasteiger partial charge >= 0.3 is 0 Å². The summed E-state index contributed by atoms with van der Waals surface area (Å²) in [5.74, 6) is -0.320. The molecule has 1 aromatic heterocycles. The molecule has 0 aromatic carbocycles. The molecule has 0 spiro atoms. The van der Waals surface area contributed by atoms with Gasteiger partial charge in [-0.05, 0) is 6.07 Å². The quantitative estimate of drug-likeness (QED) is 0.720. The van der Waals surface area contributed by atoms with Crippen LogP contribution in [0, 0.1) is 0 Å².